The zero-order chi connectivity index (χ0) is 15.3. The molecule has 0 aliphatic heterocycles. The number of hydrogen-bond donors (Lipinski definition) is 1. The predicted molar refractivity (Wildman–Crippen MR) is 78.6 cm³/mol. The Morgan fingerprint density at radius 1 is 1.00 bits per heavy atom. The maximum Gasteiger partial charge on any atom is 0.226 e. The van der Waals surface area contributed by atoms with Crippen LogP contribution in [0.4, 0.5) is 0 Å². The van der Waals surface area contributed by atoms with E-state index >= 15 is 0 Å². The van der Waals surface area contributed by atoms with Crippen LogP contribution in [0.3, 0.4) is 0 Å². The van der Waals surface area contributed by atoms with Crippen LogP contribution in [0, 0.1) is 17.8 Å². The van der Waals surface area contributed by atoms with Crippen LogP contribution < -0.4 is 4.13 Å². The molecule has 21 heavy (non-hydrogen) atoms. The molecule has 0 spiro atoms. The van der Waals surface area contributed by atoms with Gasteiger partial charge in [0.05, 0.1) is 24.2 Å². The monoisotopic (exact) mass is 337 g/mol. The zero-order valence-electron chi connectivity index (χ0n) is 12.2. The predicted octanol–water partition coefficient (Wildman–Crippen LogP) is 0.851. The Morgan fingerprint density at radius 3 is 1.90 bits per heavy atom. The highest BCUT2D eigenvalue weighted by atomic mass is 32.3. The highest BCUT2D eigenvalue weighted by Gasteiger charge is 2.51. The smallest absolute Gasteiger partial charge is 0.226 e. The lowest BCUT2D eigenvalue weighted by molar-refractivity contribution is -0.158. The van der Waals surface area contributed by atoms with Gasteiger partial charge in [-0.2, -0.15) is 0 Å². The number of sulfonamides is 2. The van der Waals surface area contributed by atoms with Crippen molar-refractivity contribution in [3.05, 3.63) is 0 Å². The van der Waals surface area contributed by atoms with E-state index in [-0.39, 0.29) is 18.0 Å². The van der Waals surface area contributed by atoms with Crippen LogP contribution in [0.2, 0.25) is 0 Å². The maximum absolute atomic E-state index is 11.7. The highest BCUT2D eigenvalue weighted by Crippen LogP contribution is 2.57. The van der Waals surface area contributed by atoms with Crippen molar-refractivity contribution in [3.8, 4) is 0 Å². The van der Waals surface area contributed by atoms with Crippen molar-refractivity contribution < 1.29 is 21.6 Å². The van der Waals surface area contributed by atoms with E-state index in [9.17, 15) is 16.8 Å². The second-order valence-corrected chi connectivity index (χ2v) is 11.0. The van der Waals surface area contributed by atoms with Gasteiger partial charge in [-0.25, -0.2) is 16.8 Å². The molecule has 0 heterocycles. The Kier molecular flexibility index (Phi) is 3.87. The second-order valence-electron chi connectivity index (χ2n) is 7.12. The molecule has 8 heteroatoms. The minimum atomic E-state index is -3.84. The van der Waals surface area contributed by atoms with Crippen LogP contribution in [-0.4, -0.2) is 41.1 Å². The van der Waals surface area contributed by atoms with E-state index in [4.69, 9.17) is 4.74 Å². The molecule has 4 rings (SSSR count). The molecule has 4 saturated carbocycles. The number of nitrogens with one attached hydrogen (secondary N) is 1. The fourth-order valence-corrected chi connectivity index (χ4v) is 7.33. The van der Waals surface area contributed by atoms with Gasteiger partial charge in [-0.15, -0.1) is 4.13 Å². The summed E-state index contributed by atoms with van der Waals surface area (Å²) in [6.45, 7) is 0.0665. The third-order valence-corrected chi connectivity index (χ3v) is 7.95. The molecule has 0 amide bonds. The molecule has 4 bridgehead atoms. The molecule has 0 aromatic heterocycles. The average Bonchev–Trinajstić information content (AvgIpc) is 2.21. The van der Waals surface area contributed by atoms with Gasteiger partial charge >= 0.3 is 0 Å². The van der Waals surface area contributed by atoms with Gasteiger partial charge in [0.2, 0.25) is 20.0 Å². The Bertz CT molecular complexity index is 575. The highest BCUT2D eigenvalue weighted by molar-refractivity contribution is 8.04. The summed E-state index contributed by atoms with van der Waals surface area (Å²) in [4.78, 5) is 0. The lowest BCUT2D eigenvalue weighted by Crippen LogP contribution is -2.52. The van der Waals surface area contributed by atoms with Gasteiger partial charge in [-0.05, 0) is 56.3 Å². The molecule has 4 fully saturated rings. The van der Waals surface area contributed by atoms with Crippen molar-refractivity contribution in [2.24, 2.45) is 17.8 Å². The molecule has 0 unspecified atom stereocenters. The summed E-state index contributed by atoms with van der Waals surface area (Å²) in [5.74, 6) is 1.91. The third kappa shape index (κ3) is 3.78. The summed E-state index contributed by atoms with van der Waals surface area (Å²) in [6.07, 6.45) is 7.86. The van der Waals surface area contributed by atoms with E-state index < -0.39 is 20.0 Å². The van der Waals surface area contributed by atoms with Gasteiger partial charge in [0.1, 0.15) is 0 Å². The van der Waals surface area contributed by atoms with Crippen molar-refractivity contribution >= 4 is 20.0 Å². The van der Waals surface area contributed by atoms with Crippen molar-refractivity contribution in [1.29, 1.82) is 0 Å². The maximum atomic E-state index is 11.7. The molecule has 0 radical (unpaired) electrons. The Labute approximate surface area is 126 Å². The SMILES string of the molecule is CS(=O)(=O)NS(=O)(=O)CCOC12CC3CC(CC(C3)C1)C2. The summed E-state index contributed by atoms with van der Waals surface area (Å²) >= 11 is 0. The van der Waals surface area contributed by atoms with Crippen molar-refractivity contribution in [1.82, 2.24) is 4.13 Å². The van der Waals surface area contributed by atoms with E-state index in [0.29, 0.717) is 0 Å². The first-order valence-corrected chi connectivity index (χ1v) is 11.0. The van der Waals surface area contributed by atoms with Crippen LogP contribution in [-0.2, 0) is 24.8 Å². The summed E-state index contributed by atoms with van der Waals surface area (Å²) in [5, 5.41) is 0. The molecule has 4 aliphatic carbocycles. The molecule has 6 nitrogen and oxygen atoms in total. The van der Waals surface area contributed by atoms with E-state index in [2.05, 4.69) is 0 Å². The van der Waals surface area contributed by atoms with Gasteiger partial charge in [0.15, 0.2) is 0 Å². The van der Waals surface area contributed by atoms with Crippen molar-refractivity contribution in [2.75, 3.05) is 18.6 Å². The van der Waals surface area contributed by atoms with Gasteiger partial charge in [-0.3, -0.25) is 0 Å². The number of hydrogen-bond acceptors (Lipinski definition) is 5. The Hall–Kier alpha value is -0.180. The molecular weight excluding hydrogens is 314 g/mol. The Morgan fingerprint density at radius 2 is 1.48 bits per heavy atom. The third-order valence-electron chi connectivity index (χ3n) is 5.02. The van der Waals surface area contributed by atoms with Crippen molar-refractivity contribution in [2.45, 2.75) is 44.1 Å². The molecule has 0 atom stereocenters. The molecule has 4 aliphatic rings. The fraction of sp³-hybridized carbons (Fsp3) is 1.00. The molecule has 0 saturated heterocycles. The standard InChI is InChI=1S/C13H23NO5S2/c1-20(15,16)14-21(17,18)3-2-19-13-7-10-4-11(8-13)6-12(5-10)9-13/h10-12,14H,2-9H2,1H3. The van der Waals surface area contributed by atoms with Gasteiger partial charge < -0.3 is 4.74 Å². The van der Waals surface area contributed by atoms with E-state index in [1.807, 2.05) is 0 Å². The zero-order valence-corrected chi connectivity index (χ0v) is 13.9. The first-order valence-electron chi connectivity index (χ1n) is 7.50. The Balaban J connectivity index is 1.56. The second kappa shape index (κ2) is 5.18. The molecule has 1 N–H and O–H groups in total. The van der Waals surface area contributed by atoms with Crippen LogP contribution in [0.25, 0.3) is 0 Å². The van der Waals surface area contributed by atoms with Gasteiger partial charge in [0.25, 0.3) is 0 Å². The summed E-state index contributed by atoms with van der Waals surface area (Å²) in [6, 6.07) is 0. The molecule has 0 aromatic carbocycles. The molecule has 0 aromatic rings. The first-order chi connectivity index (χ1) is 9.65. The van der Waals surface area contributed by atoms with Gasteiger partial charge in [-0.1, -0.05) is 0 Å². The summed E-state index contributed by atoms with van der Waals surface area (Å²) in [7, 11) is -7.59. The number of ether oxygens (including phenoxy) is 1. The van der Waals surface area contributed by atoms with E-state index in [1.165, 1.54) is 19.3 Å². The first kappa shape index (κ1) is 15.7. The van der Waals surface area contributed by atoms with Crippen LogP contribution >= 0.6 is 0 Å². The summed E-state index contributed by atoms with van der Waals surface area (Å²) in [5.41, 5.74) is -0.143. The van der Waals surface area contributed by atoms with E-state index in [0.717, 1.165) is 43.3 Å². The minimum absolute atomic E-state index is 0.0665. The van der Waals surface area contributed by atoms with Crippen LogP contribution in [0.5, 0.6) is 0 Å². The minimum Gasteiger partial charge on any atom is -0.374 e. The van der Waals surface area contributed by atoms with Crippen LogP contribution in [0.15, 0.2) is 0 Å². The quantitative estimate of drug-likeness (QED) is 0.776. The molecular formula is C13H23NO5S2. The van der Waals surface area contributed by atoms with Crippen LogP contribution in [0.1, 0.15) is 38.5 Å². The van der Waals surface area contributed by atoms with Crippen molar-refractivity contribution in [3.63, 3.8) is 0 Å². The average molecular weight is 337 g/mol. The fourth-order valence-electron chi connectivity index (χ4n) is 4.85. The lowest BCUT2D eigenvalue weighted by atomic mass is 9.54. The van der Waals surface area contributed by atoms with E-state index in [1.54, 1.807) is 4.13 Å². The summed E-state index contributed by atoms with van der Waals surface area (Å²) < 4.78 is 53.0. The van der Waals surface area contributed by atoms with Gasteiger partial charge in [0, 0.05) is 0 Å². The largest absolute Gasteiger partial charge is 0.374 e. The lowest BCUT2D eigenvalue weighted by Gasteiger charge is -2.56. The molecule has 122 valence electrons. The number of rotatable bonds is 6. The topological polar surface area (TPSA) is 89.5 Å². The normalized spacial score (nSPS) is 38.8.